The molecular formula is C15H13NO3S. The molecule has 4 nitrogen and oxygen atoms in total. The molecule has 0 radical (unpaired) electrons. The highest BCUT2D eigenvalue weighted by atomic mass is 32.1. The van der Waals surface area contributed by atoms with Crippen LogP contribution in [0.15, 0.2) is 41.8 Å². The van der Waals surface area contributed by atoms with Crippen molar-refractivity contribution >= 4 is 23.2 Å². The van der Waals surface area contributed by atoms with Crippen molar-refractivity contribution in [3.63, 3.8) is 0 Å². The summed E-state index contributed by atoms with van der Waals surface area (Å²) in [5.41, 5.74) is 1.36. The van der Waals surface area contributed by atoms with Gasteiger partial charge in [0.25, 0.3) is 5.91 Å². The third kappa shape index (κ3) is 2.20. The van der Waals surface area contributed by atoms with Crippen LogP contribution in [-0.4, -0.2) is 16.8 Å². The first-order valence-electron chi connectivity index (χ1n) is 6.26. The normalized spacial score (nSPS) is 17.1. The van der Waals surface area contributed by atoms with Crippen molar-refractivity contribution in [1.82, 2.24) is 4.90 Å². The molecule has 0 spiro atoms. The van der Waals surface area contributed by atoms with Crippen LogP contribution in [0.5, 0.6) is 0 Å². The Bertz CT molecular complexity index is 651. The first kappa shape index (κ1) is 12.9. The van der Waals surface area contributed by atoms with Crippen LogP contribution in [0.4, 0.5) is 0 Å². The lowest BCUT2D eigenvalue weighted by atomic mass is 10.1. The van der Waals surface area contributed by atoms with E-state index in [2.05, 4.69) is 0 Å². The molecule has 2 heterocycles. The quantitative estimate of drug-likeness (QED) is 0.815. The van der Waals surface area contributed by atoms with Crippen molar-refractivity contribution in [1.29, 1.82) is 0 Å². The molecule has 2 aromatic rings. The molecule has 1 aliphatic heterocycles. The average Bonchev–Trinajstić information content (AvgIpc) is 3.02. The molecule has 0 N–H and O–H groups in total. The summed E-state index contributed by atoms with van der Waals surface area (Å²) in [7, 11) is 0. The van der Waals surface area contributed by atoms with E-state index in [1.165, 1.54) is 6.92 Å². The number of nitrogens with zero attached hydrogens (tertiary/aromatic N) is 1. The van der Waals surface area contributed by atoms with Crippen molar-refractivity contribution in [2.75, 3.05) is 0 Å². The molecule has 0 saturated carbocycles. The summed E-state index contributed by atoms with van der Waals surface area (Å²) >= 11 is 1.58. The number of rotatable bonds is 3. The zero-order valence-electron chi connectivity index (χ0n) is 10.9. The summed E-state index contributed by atoms with van der Waals surface area (Å²) in [5, 5.41) is 1.96. The summed E-state index contributed by atoms with van der Waals surface area (Å²) < 4.78 is 5.34. The number of fused-ring (bicyclic) bond motifs is 1. The summed E-state index contributed by atoms with van der Waals surface area (Å²) in [6.07, 6.45) is -0.627. The molecule has 0 bridgehead atoms. The van der Waals surface area contributed by atoms with Crippen LogP contribution >= 0.6 is 11.3 Å². The summed E-state index contributed by atoms with van der Waals surface area (Å²) in [6.45, 7) is 1.80. The number of hydrogen-bond acceptors (Lipinski definition) is 4. The van der Waals surface area contributed by atoms with Gasteiger partial charge in [0, 0.05) is 22.9 Å². The molecule has 0 aliphatic carbocycles. The minimum Gasteiger partial charge on any atom is -0.437 e. The first-order valence-corrected chi connectivity index (χ1v) is 7.14. The Labute approximate surface area is 120 Å². The molecule has 1 aromatic heterocycles. The van der Waals surface area contributed by atoms with E-state index in [1.807, 2.05) is 35.7 Å². The van der Waals surface area contributed by atoms with E-state index in [4.69, 9.17) is 4.74 Å². The molecule has 1 aromatic carbocycles. The number of carbonyl (C=O) groups excluding carboxylic acids is 2. The van der Waals surface area contributed by atoms with Gasteiger partial charge in [0.2, 0.25) is 6.23 Å². The number of thiophene rings is 1. The Balaban J connectivity index is 1.96. The van der Waals surface area contributed by atoms with Gasteiger partial charge in [-0.1, -0.05) is 24.3 Å². The maximum absolute atomic E-state index is 12.5. The second-order valence-corrected chi connectivity index (χ2v) is 5.59. The molecule has 3 rings (SSSR count). The van der Waals surface area contributed by atoms with Crippen molar-refractivity contribution in [2.45, 2.75) is 19.7 Å². The van der Waals surface area contributed by atoms with E-state index in [9.17, 15) is 9.59 Å². The Hall–Kier alpha value is -2.14. The van der Waals surface area contributed by atoms with Gasteiger partial charge in [-0.05, 0) is 17.5 Å². The van der Waals surface area contributed by atoms with Gasteiger partial charge in [0.15, 0.2) is 0 Å². The third-order valence-corrected chi connectivity index (χ3v) is 4.05. The predicted octanol–water partition coefficient (Wildman–Crippen LogP) is 2.97. The van der Waals surface area contributed by atoms with Gasteiger partial charge in [-0.15, -0.1) is 11.3 Å². The molecule has 0 fully saturated rings. The van der Waals surface area contributed by atoms with Gasteiger partial charge in [0.05, 0.1) is 6.54 Å². The number of ether oxygens (including phenoxy) is 1. The van der Waals surface area contributed by atoms with E-state index < -0.39 is 12.2 Å². The number of hydrogen-bond donors (Lipinski definition) is 0. The fourth-order valence-electron chi connectivity index (χ4n) is 2.35. The van der Waals surface area contributed by atoms with Crippen molar-refractivity contribution in [2.24, 2.45) is 0 Å². The van der Waals surface area contributed by atoms with Crippen LogP contribution < -0.4 is 0 Å². The van der Waals surface area contributed by atoms with Crippen molar-refractivity contribution in [3.8, 4) is 0 Å². The lowest BCUT2D eigenvalue weighted by molar-refractivity contribution is -0.154. The molecule has 1 amide bonds. The van der Waals surface area contributed by atoms with Gasteiger partial charge in [-0.3, -0.25) is 14.5 Å². The summed E-state index contributed by atoms with van der Waals surface area (Å²) in [4.78, 5) is 26.4. The van der Waals surface area contributed by atoms with Crippen molar-refractivity contribution in [3.05, 3.63) is 57.8 Å². The van der Waals surface area contributed by atoms with E-state index in [1.54, 1.807) is 22.3 Å². The minimum absolute atomic E-state index is 0.0970. The minimum atomic E-state index is -0.627. The van der Waals surface area contributed by atoms with Crippen LogP contribution in [0.1, 0.15) is 34.0 Å². The smallest absolute Gasteiger partial charge is 0.304 e. The molecule has 20 heavy (non-hydrogen) atoms. The zero-order valence-corrected chi connectivity index (χ0v) is 11.7. The maximum atomic E-state index is 12.5. The van der Waals surface area contributed by atoms with E-state index in [0.717, 1.165) is 10.4 Å². The van der Waals surface area contributed by atoms with Crippen molar-refractivity contribution < 1.29 is 14.3 Å². The van der Waals surface area contributed by atoms with Gasteiger partial charge < -0.3 is 4.74 Å². The SMILES string of the molecule is CC(=O)OC1c2ccccc2C(=O)N1Cc1cccs1. The zero-order chi connectivity index (χ0) is 14.1. The number of amides is 1. The van der Waals surface area contributed by atoms with Crippen LogP contribution in [0, 0.1) is 0 Å². The van der Waals surface area contributed by atoms with Gasteiger partial charge in [0.1, 0.15) is 0 Å². The fraction of sp³-hybridized carbons (Fsp3) is 0.200. The van der Waals surface area contributed by atoms with E-state index in [0.29, 0.717) is 12.1 Å². The fourth-order valence-corrected chi connectivity index (χ4v) is 3.05. The number of esters is 1. The summed E-state index contributed by atoms with van der Waals surface area (Å²) in [6, 6.07) is 11.2. The molecule has 1 aliphatic rings. The Morgan fingerprint density at radius 1 is 1.30 bits per heavy atom. The van der Waals surface area contributed by atoms with Gasteiger partial charge in [-0.25, -0.2) is 0 Å². The van der Waals surface area contributed by atoms with E-state index >= 15 is 0 Å². The third-order valence-electron chi connectivity index (χ3n) is 3.19. The Morgan fingerprint density at radius 2 is 2.10 bits per heavy atom. The Kier molecular flexibility index (Phi) is 3.28. The highest BCUT2D eigenvalue weighted by molar-refractivity contribution is 7.09. The molecule has 102 valence electrons. The highest BCUT2D eigenvalue weighted by Gasteiger charge is 2.38. The Morgan fingerprint density at radius 3 is 2.80 bits per heavy atom. The van der Waals surface area contributed by atoms with Crippen LogP contribution in [0.25, 0.3) is 0 Å². The molecule has 0 saturated heterocycles. The standard InChI is InChI=1S/C15H13NO3S/c1-10(17)19-15-13-7-3-2-6-12(13)14(18)16(15)9-11-5-4-8-20-11/h2-8,15H,9H2,1H3. The topological polar surface area (TPSA) is 46.6 Å². The second kappa shape index (κ2) is 5.09. The lowest BCUT2D eigenvalue weighted by Crippen LogP contribution is -2.29. The van der Waals surface area contributed by atoms with Crippen LogP contribution in [0.2, 0.25) is 0 Å². The molecule has 1 unspecified atom stereocenters. The monoisotopic (exact) mass is 287 g/mol. The predicted molar refractivity (Wildman–Crippen MR) is 75.1 cm³/mol. The highest BCUT2D eigenvalue weighted by Crippen LogP contribution is 2.36. The molecule has 5 heteroatoms. The van der Waals surface area contributed by atoms with Gasteiger partial charge >= 0.3 is 5.97 Å². The van der Waals surface area contributed by atoms with Gasteiger partial charge in [-0.2, -0.15) is 0 Å². The number of benzene rings is 1. The number of carbonyl (C=O) groups is 2. The molecule has 1 atom stereocenters. The van der Waals surface area contributed by atoms with Crippen LogP contribution in [0.3, 0.4) is 0 Å². The lowest BCUT2D eigenvalue weighted by Gasteiger charge is -2.24. The largest absolute Gasteiger partial charge is 0.437 e. The average molecular weight is 287 g/mol. The molecular weight excluding hydrogens is 274 g/mol. The van der Waals surface area contributed by atoms with E-state index in [-0.39, 0.29) is 5.91 Å². The van der Waals surface area contributed by atoms with Crippen LogP contribution in [-0.2, 0) is 16.1 Å². The summed E-state index contributed by atoms with van der Waals surface area (Å²) in [5.74, 6) is -0.490. The first-order chi connectivity index (χ1) is 9.66. The second-order valence-electron chi connectivity index (χ2n) is 4.56. The maximum Gasteiger partial charge on any atom is 0.304 e.